The van der Waals surface area contributed by atoms with Gasteiger partial charge in [-0.15, -0.1) is 0 Å². The molecule has 0 saturated carbocycles. The molecule has 34 heavy (non-hydrogen) atoms. The molecule has 2 aromatic rings. The van der Waals surface area contributed by atoms with Gasteiger partial charge in [0.05, 0.1) is 19.8 Å². The molecule has 0 aliphatic carbocycles. The van der Waals surface area contributed by atoms with E-state index >= 15 is 0 Å². The van der Waals surface area contributed by atoms with Crippen LogP contribution >= 0.6 is 0 Å². The molecule has 2 amide bonds. The number of hydrogen-bond donors (Lipinski definition) is 1. The molecule has 184 valence electrons. The van der Waals surface area contributed by atoms with Crippen LogP contribution in [-0.2, 0) is 4.74 Å². The van der Waals surface area contributed by atoms with Crippen LogP contribution in [0.4, 0.5) is 23.8 Å². The Morgan fingerprint density at radius 1 is 1.12 bits per heavy atom. The zero-order valence-electron chi connectivity index (χ0n) is 18.8. The minimum Gasteiger partial charge on any atom is -0.497 e. The van der Waals surface area contributed by atoms with E-state index in [-0.39, 0.29) is 50.7 Å². The monoisotopic (exact) mass is 481 g/mol. The number of methoxy groups -OCH3 is 1. The van der Waals surface area contributed by atoms with Crippen LogP contribution < -0.4 is 10.1 Å². The third-order valence-corrected chi connectivity index (χ3v) is 6.02. The average molecular weight is 481 g/mol. The second-order valence-corrected chi connectivity index (χ2v) is 8.10. The predicted octanol–water partition coefficient (Wildman–Crippen LogP) is 3.47. The standard InChI is InChI=1S/C22H26F3N5O4/c1-3-34-21(32)29-10-8-28(9-11-29)20(31)17-13-19-26-16(14-4-6-15(33-2)7-5-14)12-18(22(23,24)25)30(19)27-17/h4-7,13,16,18,26H,3,8-12H2,1-2H3/t16-,18-/m1/s1. The normalized spacial score (nSPS) is 20.4. The summed E-state index contributed by atoms with van der Waals surface area (Å²) in [5.74, 6) is 0.255. The first-order valence-electron chi connectivity index (χ1n) is 11.0. The van der Waals surface area contributed by atoms with E-state index in [2.05, 4.69) is 10.4 Å². The molecule has 3 heterocycles. The third-order valence-electron chi connectivity index (χ3n) is 6.02. The van der Waals surface area contributed by atoms with Crippen molar-refractivity contribution in [2.75, 3.05) is 45.2 Å². The number of nitrogens with zero attached hydrogens (tertiary/aromatic N) is 4. The number of carbonyl (C=O) groups excluding carboxylic acids is 2. The number of nitrogens with one attached hydrogen (secondary N) is 1. The molecular formula is C22H26F3N5O4. The fourth-order valence-electron chi connectivity index (χ4n) is 4.20. The number of ether oxygens (including phenoxy) is 2. The van der Waals surface area contributed by atoms with Crippen molar-refractivity contribution < 1.29 is 32.2 Å². The van der Waals surface area contributed by atoms with Gasteiger partial charge < -0.3 is 24.6 Å². The van der Waals surface area contributed by atoms with Crippen LogP contribution in [0.5, 0.6) is 5.75 Å². The van der Waals surface area contributed by atoms with Crippen LogP contribution in [0.2, 0.25) is 0 Å². The Hall–Kier alpha value is -3.44. The van der Waals surface area contributed by atoms with Gasteiger partial charge in [0.15, 0.2) is 11.7 Å². The highest BCUT2D eigenvalue weighted by atomic mass is 19.4. The Kier molecular flexibility index (Phi) is 6.58. The van der Waals surface area contributed by atoms with Gasteiger partial charge in [0, 0.05) is 38.7 Å². The zero-order chi connectivity index (χ0) is 24.5. The number of rotatable bonds is 4. The fraction of sp³-hybridized carbons (Fsp3) is 0.500. The second-order valence-electron chi connectivity index (χ2n) is 8.10. The molecule has 2 aliphatic heterocycles. The number of amides is 2. The van der Waals surface area contributed by atoms with E-state index in [1.165, 1.54) is 23.0 Å². The molecule has 0 radical (unpaired) electrons. The molecule has 0 unspecified atom stereocenters. The Labute approximate surface area is 194 Å². The predicted molar refractivity (Wildman–Crippen MR) is 116 cm³/mol. The molecule has 1 N–H and O–H groups in total. The van der Waals surface area contributed by atoms with Crippen molar-refractivity contribution in [2.45, 2.75) is 31.6 Å². The van der Waals surface area contributed by atoms with Gasteiger partial charge >= 0.3 is 12.3 Å². The van der Waals surface area contributed by atoms with Crippen LogP contribution in [0, 0.1) is 0 Å². The van der Waals surface area contributed by atoms with Gasteiger partial charge in [-0.05, 0) is 24.6 Å². The molecule has 1 aromatic heterocycles. The molecule has 1 saturated heterocycles. The highest BCUT2D eigenvalue weighted by Gasteiger charge is 2.47. The van der Waals surface area contributed by atoms with Gasteiger partial charge in [-0.2, -0.15) is 18.3 Å². The van der Waals surface area contributed by atoms with Gasteiger partial charge in [-0.3, -0.25) is 4.79 Å². The lowest BCUT2D eigenvalue weighted by molar-refractivity contribution is -0.173. The lowest BCUT2D eigenvalue weighted by Gasteiger charge is -2.33. The summed E-state index contributed by atoms with van der Waals surface area (Å²) in [6.45, 7) is 3.00. The maximum atomic E-state index is 13.9. The summed E-state index contributed by atoms with van der Waals surface area (Å²) in [7, 11) is 1.52. The topological polar surface area (TPSA) is 88.9 Å². The van der Waals surface area contributed by atoms with E-state index in [0.717, 1.165) is 4.68 Å². The van der Waals surface area contributed by atoms with Gasteiger partial charge in [-0.1, -0.05) is 12.1 Å². The number of piperazine rings is 1. The third kappa shape index (κ3) is 4.75. The van der Waals surface area contributed by atoms with Crippen molar-refractivity contribution in [3.63, 3.8) is 0 Å². The summed E-state index contributed by atoms with van der Waals surface area (Å²) in [4.78, 5) is 27.8. The van der Waals surface area contributed by atoms with Gasteiger partial charge in [0.25, 0.3) is 5.91 Å². The van der Waals surface area contributed by atoms with Crippen LogP contribution in [0.15, 0.2) is 30.3 Å². The maximum Gasteiger partial charge on any atom is 0.410 e. The lowest BCUT2D eigenvalue weighted by Crippen LogP contribution is -2.50. The van der Waals surface area contributed by atoms with E-state index in [9.17, 15) is 22.8 Å². The molecule has 1 aromatic carbocycles. The average Bonchev–Trinajstić information content (AvgIpc) is 3.26. The van der Waals surface area contributed by atoms with Gasteiger partial charge in [-0.25, -0.2) is 9.48 Å². The van der Waals surface area contributed by atoms with Crippen molar-refractivity contribution in [3.05, 3.63) is 41.6 Å². The summed E-state index contributed by atoms with van der Waals surface area (Å²) in [6, 6.07) is 5.67. The van der Waals surface area contributed by atoms with E-state index in [4.69, 9.17) is 9.47 Å². The maximum absolute atomic E-state index is 13.9. The zero-order valence-corrected chi connectivity index (χ0v) is 18.8. The molecule has 0 spiro atoms. The number of halogens is 3. The first-order chi connectivity index (χ1) is 16.2. The Bertz CT molecular complexity index is 1030. The quantitative estimate of drug-likeness (QED) is 0.720. The molecule has 2 aliphatic rings. The molecule has 1 fully saturated rings. The first kappa shape index (κ1) is 23.7. The largest absolute Gasteiger partial charge is 0.497 e. The summed E-state index contributed by atoms with van der Waals surface area (Å²) in [6.07, 6.45) is -5.26. The van der Waals surface area contributed by atoms with Crippen LogP contribution in [0.25, 0.3) is 0 Å². The first-order valence-corrected chi connectivity index (χ1v) is 11.0. The van der Waals surface area contributed by atoms with E-state index < -0.39 is 30.3 Å². The lowest BCUT2D eigenvalue weighted by atomic mass is 9.97. The Morgan fingerprint density at radius 2 is 1.76 bits per heavy atom. The van der Waals surface area contributed by atoms with Crippen LogP contribution in [0.3, 0.4) is 0 Å². The van der Waals surface area contributed by atoms with Crippen molar-refractivity contribution in [1.82, 2.24) is 19.6 Å². The molecule has 2 atom stereocenters. The molecule has 12 heteroatoms. The summed E-state index contributed by atoms with van der Waals surface area (Å²) in [5, 5.41) is 7.12. The highest BCUT2D eigenvalue weighted by molar-refractivity contribution is 5.93. The summed E-state index contributed by atoms with van der Waals surface area (Å²) >= 11 is 0. The number of aromatic nitrogens is 2. The number of hydrogen-bond acceptors (Lipinski definition) is 6. The number of anilines is 1. The Morgan fingerprint density at radius 3 is 2.35 bits per heavy atom. The summed E-state index contributed by atoms with van der Waals surface area (Å²) < 4.78 is 52.7. The Balaban J connectivity index is 1.53. The van der Waals surface area contributed by atoms with Gasteiger partial charge in [0.1, 0.15) is 11.6 Å². The second kappa shape index (κ2) is 9.43. The highest BCUT2D eigenvalue weighted by Crippen LogP contribution is 2.43. The minimum atomic E-state index is -4.54. The van der Waals surface area contributed by atoms with E-state index in [0.29, 0.717) is 11.3 Å². The van der Waals surface area contributed by atoms with Crippen LogP contribution in [-0.4, -0.2) is 77.7 Å². The van der Waals surface area contributed by atoms with E-state index in [1.54, 1.807) is 31.2 Å². The minimum absolute atomic E-state index is 0.0725. The molecule has 0 bridgehead atoms. The molecule has 4 rings (SSSR count). The van der Waals surface area contributed by atoms with Crippen molar-refractivity contribution in [1.29, 1.82) is 0 Å². The van der Waals surface area contributed by atoms with E-state index in [1.807, 2.05) is 0 Å². The number of fused-ring (bicyclic) bond motifs is 1. The van der Waals surface area contributed by atoms with Crippen molar-refractivity contribution >= 4 is 17.8 Å². The van der Waals surface area contributed by atoms with Gasteiger partial charge in [0.2, 0.25) is 0 Å². The van der Waals surface area contributed by atoms with Crippen molar-refractivity contribution in [2.24, 2.45) is 0 Å². The smallest absolute Gasteiger partial charge is 0.410 e. The van der Waals surface area contributed by atoms with Crippen LogP contribution in [0.1, 0.15) is 41.5 Å². The van der Waals surface area contributed by atoms with Crippen molar-refractivity contribution in [3.8, 4) is 5.75 Å². The number of benzene rings is 1. The number of carbonyl (C=O) groups is 2. The summed E-state index contributed by atoms with van der Waals surface area (Å²) in [5.41, 5.74) is 0.599. The fourth-order valence-corrected chi connectivity index (χ4v) is 4.20. The molecule has 9 nitrogen and oxygen atoms in total. The molecular weight excluding hydrogens is 455 g/mol. The SMILES string of the molecule is CCOC(=O)N1CCN(C(=O)c2cc3n(n2)[C@@H](C(F)(F)F)C[C@H](c2ccc(OC)cc2)N3)CC1. The number of alkyl halides is 3.